The van der Waals surface area contributed by atoms with E-state index in [9.17, 15) is 8.42 Å². The third-order valence-corrected chi connectivity index (χ3v) is 7.29. The Hall–Kier alpha value is -1.06. The number of nitrogens with zero attached hydrogens (tertiary/aromatic N) is 4. The average Bonchev–Trinajstić information content (AvgIpc) is 3.41. The van der Waals surface area contributed by atoms with E-state index >= 15 is 0 Å². The van der Waals surface area contributed by atoms with Gasteiger partial charge in [-0.3, -0.25) is 10.3 Å². The molecule has 2 saturated carbocycles. The molecule has 0 aliphatic heterocycles. The summed E-state index contributed by atoms with van der Waals surface area (Å²) < 4.78 is 28.5. The molecule has 0 saturated heterocycles. The van der Waals surface area contributed by atoms with Crippen LogP contribution in [0.4, 0.5) is 0 Å². The third-order valence-electron chi connectivity index (χ3n) is 5.82. The second-order valence-corrected chi connectivity index (χ2v) is 9.20. The first-order valence-corrected chi connectivity index (χ1v) is 11.0. The molecule has 4 rings (SSSR count). The van der Waals surface area contributed by atoms with E-state index < -0.39 is 10.0 Å². The summed E-state index contributed by atoms with van der Waals surface area (Å²) in [5, 5.41) is 14.6. The van der Waals surface area contributed by atoms with Crippen molar-refractivity contribution in [3.8, 4) is 0 Å². The summed E-state index contributed by atoms with van der Waals surface area (Å²) in [7, 11) is -3.48. The topological polar surface area (TPSA) is 98.9 Å². The molecule has 1 aromatic carbocycles. The van der Waals surface area contributed by atoms with Gasteiger partial charge in [0.25, 0.3) is 0 Å². The molecule has 0 radical (unpaired) electrons. The fourth-order valence-electron chi connectivity index (χ4n) is 4.53. The number of sulfonamides is 1. The Bertz CT molecular complexity index is 873. The summed E-state index contributed by atoms with van der Waals surface area (Å²) in [5.74, 6) is 1.98. The molecule has 2 aromatic rings. The standard InChI is InChI=1S/C19H24N5O2S.Na/c25-27(26,16-7-3-1-4-8-16)22-19-15-12-11-14(13-15)17(19)9-5-2-6-10-18-20-23-24-21-18;/h1,3-5,7-9,14-15,17,19,22H,2,6,10-13H2;/q-1;+1/b9-5-;/t14-,15+,17-,19-;/m0./s1. The molecular weight excluding hydrogens is 385 g/mol. The van der Waals surface area contributed by atoms with Crippen molar-refractivity contribution in [3.63, 3.8) is 0 Å². The molecule has 2 aliphatic rings. The zero-order valence-corrected chi connectivity index (χ0v) is 18.9. The summed E-state index contributed by atoms with van der Waals surface area (Å²) in [6, 6.07) is 8.64. The van der Waals surface area contributed by atoms with Crippen LogP contribution in [0.5, 0.6) is 0 Å². The summed E-state index contributed by atoms with van der Waals surface area (Å²) in [6.45, 7) is 0. The number of allylic oxidation sites excluding steroid dienone is 1. The van der Waals surface area contributed by atoms with E-state index in [2.05, 4.69) is 37.5 Å². The van der Waals surface area contributed by atoms with Crippen molar-refractivity contribution >= 4 is 10.0 Å². The fraction of sp³-hybridized carbons (Fsp3) is 0.526. The second kappa shape index (κ2) is 9.63. The smallest absolute Gasteiger partial charge is 0.335 e. The SMILES string of the molecule is O=S(=O)(N[C@H]1[C@@H]2CC[C@@H](C2)[C@@H]1/C=C\CCCc1nnn[n-]1)c1ccccc1.[Na+]. The van der Waals surface area contributed by atoms with E-state index in [1.807, 2.05) is 6.07 Å². The molecule has 1 heterocycles. The summed E-state index contributed by atoms with van der Waals surface area (Å²) >= 11 is 0. The first kappa shape index (κ1) is 21.6. The van der Waals surface area contributed by atoms with Crippen LogP contribution >= 0.6 is 0 Å². The molecule has 0 amide bonds. The minimum atomic E-state index is -3.48. The van der Waals surface area contributed by atoms with E-state index in [4.69, 9.17) is 0 Å². The van der Waals surface area contributed by atoms with Gasteiger partial charge >= 0.3 is 29.6 Å². The zero-order chi connectivity index (χ0) is 18.7. The predicted molar refractivity (Wildman–Crippen MR) is 100 cm³/mol. The summed E-state index contributed by atoms with van der Waals surface area (Å²) in [6.07, 6.45) is 10.5. The Balaban J connectivity index is 0.00000225. The van der Waals surface area contributed by atoms with E-state index in [0.29, 0.717) is 22.6 Å². The van der Waals surface area contributed by atoms with Gasteiger partial charge in [-0.15, -0.1) is 0 Å². The van der Waals surface area contributed by atoms with E-state index in [-0.39, 0.29) is 41.5 Å². The van der Waals surface area contributed by atoms with Crippen molar-refractivity contribution in [2.45, 2.75) is 49.5 Å². The molecule has 0 unspecified atom stereocenters. The molecule has 144 valence electrons. The number of hydrogen-bond donors (Lipinski definition) is 1. The number of aromatic nitrogens is 4. The van der Waals surface area contributed by atoms with Crippen molar-refractivity contribution in [1.82, 2.24) is 25.3 Å². The van der Waals surface area contributed by atoms with Gasteiger partial charge < -0.3 is 5.10 Å². The van der Waals surface area contributed by atoms with Gasteiger partial charge in [0, 0.05) is 11.9 Å². The number of benzene rings is 1. The van der Waals surface area contributed by atoms with Gasteiger partial charge in [0.15, 0.2) is 0 Å². The minimum absolute atomic E-state index is 0. The van der Waals surface area contributed by atoms with Crippen LogP contribution in [0.25, 0.3) is 0 Å². The van der Waals surface area contributed by atoms with Crippen LogP contribution in [0.1, 0.15) is 37.9 Å². The molecule has 7 nitrogen and oxygen atoms in total. The van der Waals surface area contributed by atoms with Gasteiger partial charge in [-0.25, -0.2) is 13.1 Å². The zero-order valence-electron chi connectivity index (χ0n) is 16.1. The molecular formula is C19H24N5NaO2S. The normalized spacial score (nSPS) is 26.6. The van der Waals surface area contributed by atoms with Crippen LogP contribution in [0.2, 0.25) is 0 Å². The summed E-state index contributed by atoms with van der Waals surface area (Å²) in [4.78, 5) is 0.340. The maximum absolute atomic E-state index is 12.8. The number of tetrazole rings is 1. The molecule has 1 N–H and O–H groups in total. The molecule has 2 bridgehead atoms. The van der Waals surface area contributed by atoms with Crippen LogP contribution in [0, 0.1) is 17.8 Å². The average molecular weight is 409 g/mol. The fourth-order valence-corrected chi connectivity index (χ4v) is 5.89. The largest absolute Gasteiger partial charge is 1.00 e. The molecule has 1 aromatic heterocycles. The van der Waals surface area contributed by atoms with Gasteiger partial charge in [0.2, 0.25) is 10.0 Å². The predicted octanol–water partition coefficient (Wildman–Crippen LogP) is -0.895. The number of nitrogens with one attached hydrogen (secondary N) is 1. The van der Waals surface area contributed by atoms with Crippen LogP contribution in [-0.4, -0.2) is 30.0 Å². The quantitative estimate of drug-likeness (QED) is 0.345. The van der Waals surface area contributed by atoms with Gasteiger partial charge in [-0.2, -0.15) is 5.21 Å². The van der Waals surface area contributed by atoms with Crippen molar-refractivity contribution in [3.05, 3.63) is 48.3 Å². The third kappa shape index (κ3) is 4.91. The molecule has 0 spiro atoms. The molecule has 2 aliphatic carbocycles. The van der Waals surface area contributed by atoms with Crippen LogP contribution in [-0.2, 0) is 16.4 Å². The van der Waals surface area contributed by atoms with E-state index in [0.717, 1.165) is 32.1 Å². The minimum Gasteiger partial charge on any atom is -0.335 e. The van der Waals surface area contributed by atoms with Gasteiger partial charge in [-0.1, -0.05) is 30.4 Å². The second-order valence-electron chi connectivity index (χ2n) is 7.49. The Morgan fingerprint density at radius 1 is 1.18 bits per heavy atom. The van der Waals surface area contributed by atoms with Crippen LogP contribution in [0.3, 0.4) is 0 Å². The van der Waals surface area contributed by atoms with Gasteiger partial charge in [0.05, 0.1) is 4.90 Å². The number of aryl methyl sites for hydroxylation is 1. The van der Waals surface area contributed by atoms with Crippen molar-refractivity contribution in [2.75, 3.05) is 0 Å². The number of unbranched alkanes of at least 4 members (excludes halogenated alkanes) is 1. The Morgan fingerprint density at radius 3 is 2.71 bits per heavy atom. The van der Waals surface area contributed by atoms with Crippen LogP contribution in [0.15, 0.2) is 47.4 Å². The van der Waals surface area contributed by atoms with Crippen molar-refractivity contribution < 1.29 is 38.0 Å². The number of rotatable bonds is 8. The van der Waals surface area contributed by atoms with Crippen LogP contribution < -0.4 is 39.4 Å². The maximum atomic E-state index is 12.8. The number of fused-ring (bicyclic) bond motifs is 2. The van der Waals surface area contributed by atoms with E-state index in [1.54, 1.807) is 24.3 Å². The Morgan fingerprint density at radius 2 is 1.96 bits per heavy atom. The first-order chi connectivity index (χ1) is 13.1. The Labute approximate surface area is 188 Å². The monoisotopic (exact) mass is 409 g/mol. The molecule has 2 fully saturated rings. The van der Waals surface area contributed by atoms with E-state index in [1.165, 1.54) is 6.42 Å². The molecule has 4 atom stereocenters. The van der Waals surface area contributed by atoms with Gasteiger partial charge in [0.1, 0.15) is 0 Å². The molecule has 28 heavy (non-hydrogen) atoms. The van der Waals surface area contributed by atoms with Crippen molar-refractivity contribution in [1.29, 1.82) is 0 Å². The molecule has 9 heteroatoms. The maximum Gasteiger partial charge on any atom is 1.00 e. The first-order valence-electron chi connectivity index (χ1n) is 9.55. The van der Waals surface area contributed by atoms with Crippen molar-refractivity contribution in [2.24, 2.45) is 17.8 Å². The van der Waals surface area contributed by atoms with Gasteiger partial charge in [-0.05, 0) is 68.4 Å². The summed E-state index contributed by atoms with van der Waals surface area (Å²) in [5.41, 5.74) is 0. The Kier molecular flexibility index (Phi) is 7.44. The number of hydrogen-bond acceptors (Lipinski definition) is 5.